The molecule has 10 heteroatoms. The maximum atomic E-state index is 13.0. The summed E-state index contributed by atoms with van der Waals surface area (Å²) in [6, 6.07) is 17.4. The molecule has 0 aromatic heterocycles. The van der Waals surface area contributed by atoms with E-state index in [1.807, 2.05) is 18.2 Å². The number of amides is 3. The van der Waals surface area contributed by atoms with E-state index in [1.165, 1.54) is 7.11 Å². The van der Waals surface area contributed by atoms with Crippen molar-refractivity contribution in [3.05, 3.63) is 105 Å². The first-order chi connectivity index (χ1) is 18.8. The van der Waals surface area contributed by atoms with Crippen molar-refractivity contribution in [2.75, 3.05) is 19.0 Å². The average Bonchev–Trinajstić information content (AvgIpc) is 3.17. The highest BCUT2D eigenvalue weighted by molar-refractivity contribution is 8.18. The van der Waals surface area contributed by atoms with E-state index in [2.05, 4.69) is 11.9 Å². The van der Waals surface area contributed by atoms with Crippen molar-refractivity contribution in [3.8, 4) is 11.5 Å². The van der Waals surface area contributed by atoms with E-state index in [1.54, 1.807) is 54.6 Å². The first-order valence-electron chi connectivity index (χ1n) is 11.8. The number of imide groups is 1. The minimum atomic E-state index is -0.552. The zero-order valence-electron chi connectivity index (χ0n) is 20.9. The molecule has 3 aromatic rings. The highest BCUT2D eigenvalue weighted by Crippen LogP contribution is 2.37. The van der Waals surface area contributed by atoms with E-state index in [4.69, 9.17) is 32.7 Å². The summed E-state index contributed by atoms with van der Waals surface area (Å²) in [6.45, 7) is 3.72. The standard InChI is InChI=1S/C29H24Cl2N2O5S/c1-3-4-20-13-19(14-24(37-2)27(20)38-17-18-5-7-21(30)8-6-18)15-25-28(35)33(29(36)39-25)16-26(34)32-23-11-9-22(31)10-12-23/h3,5-15H,1,4,16-17H2,2H3,(H,32,34)/b25-15-. The maximum Gasteiger partial charge on any atom is 0.294 e. The van der Waals surface area contributed by atoms with Crippen LogP contribution in [-0.2, 0) is 22.6 Å². The third-order valence-electron chi connectivity index (χ3n) is 5.64. The van der Waals surface area contributed by atoms with Crippen molar-refractivity contribution >= 4 is 63.8 Å². The molecule has 4 rings (SSSR count). The van der Waals surface area contributed by atoms with Gasteiger partial charge in [0.15, 0.2) is 11.5 Å². The summed E-state index contributed by atoms with van der Waals surface area (Å²) in [5.74, 6) is -0.0332. The predicted molar refractivity (Wildman–Crippen MR) is 155 cm³/mol. The molecular weight excluding hydrogens is 559 g/mol. The molecule has 0 spiro atoms. The number of allylic oxidation sites excluding steroid dienone is 1. The van der Waals surface area contributed by atoms with Crippen LogP contribution in [0.15, 0.2) is 78.2 Å². The van der Waals surface area contributed by atoms with Crippen molar-refractivity contribution < 1.29 is 23.9 Å². The Balaban J connectivity index is 1.51. The highest BCUT2D eigenvalue weighted by Gasteiger charge is 2.36. The van der Waals surface area contributed by atoms with Crippen molar-refractivity contribution in [1.29, 1.82) is 0 Å². The number of nitrogens with zero attached hydrogens (tertiary/aromatic N) is 1. The molecule has 1 aliphatic rings. The smallest absolute Gasteiger partial charge is 0.294 e. The normalized spacial score (nSPS) is 14.0. The van der Waals surface area contributed by atoms with Crippen LogP contribution in [0.4, 0.5) is 10.5 Å². The number of methoxy groups -OCH3 is 1. The van der Waals surface area contributed by atoms with Gasteiger partial charge in [-0.15, -0.1) is 6.58 Å². The first kappa shape index (κ1) is 28.3. The molecule has 0 aliphatic carbocycles. The molecule has 3 amide bonds. The zero-order chi connectivity index (χ0) is 27.9. The molecule has 0 radical (unpaired) electrons. The van der Waals surface area contributed by atoms with Crippen molar-refractivity contribution in [3.63, 3.8) is 0 Å². The summed E-state index contributed by atoms with van der Waals surface area (Å²) >= 11 is 12.6. The average molecular weight is 583 g/mol. The second kappa shape index (κ2) is 12.9. The van der Waals surface area contributed by atoms with E-state index < -0.39 is 23.6 Å². The largest absolute Gasteiger partial charge is 0.493 e. The molecule has 1 saturated heterocycles. The number of halogens is 2. The van der Waals surface area contributed by atoms with Crippen molar-refractivity contribution in [2.45, 2.75) is 13.0 Å². The summed E-state index contributed by atoms with van der Waals surface area (Å²) in [4.78, 5) is 39.1. The topological polar surface area (TPSA) is 84.9 Å². The minimum absolute atomic E-state index is 0.195. The van der Waals surface area contributed by atoms with Gasteiger partial charge in [0.2, 0.25) is 5.91 Å². The fourth-order valence-corrected chi connectivity index (χ4v) is 4.88. The molecule has 1 N–H and O–H groups in total. The number of thioether (sulfide) groups is 1. The van der Waals surface area contributed by atoms with Gasteiger partial charge in [0.25, 0.3) is 11.1 Å². The van der Waals surface area contributed by atoms with Crippen LogP contribution in [0, 0.1) is 0 Å². The Bertz CT molecular complexity index is 1440. The molecule has 0 saturated carbocycles. The molecule has 3 aromatic carbocycles. The van der Waals surface area contributed by atoms with Gasteiger partial charge in [-0.25, -0.2) is 0 Å². The lowest BCUT2D eigenvalue weighted by Crippen LogP contribution is -2.36. The van der Waals surface area contributed by atoms with Gasteiger partial charge in [-0.2, -0.15) is 0 Å². The number of benzene rings is 3. The van der Waals surface area contributed by atoms with Gasteiger partial charge in [-0.05, 0) is 83.9 Å². The van der Waals surface area contributed by atoms with Gasteiger partial charge in [0.05, 0.1) is 12.0 Å². The van der Waals surface area contributed by atoms with Crippen LogP contribution >= 0.6 is 35.0 Å². The Morgan fingerprint density at radius 1 is 1.05 bits per heavy atom. The van der Waals surface area contributed by atoms with E-state index in [0.29, 0.717) is 45.8 Å². The second-order valence-corrected chi connectivity index (χ2v) is 10.3. The number of hydrogen-bond acceptors (Lipinski definition) is 6. The monoisotopic (exact) mass is 582 g/mol. The van der Waals surface area contributed by atoms with E-state index in [9.17, 15) is 14.4 Å². The summed E-state index contributed by atoms with van der Waals surface area (Å²) in [7, 11) is 1.53. The van der Waals surface area contributed by atoms with Crippen LogP contribution in [0.1, 0.15) is 16.7 Å². The van der Waals surface area contributed by atoms with Crippen molar-refractivity contribution in [1.82, 2.24) is 4.90 Å². The molecule has 7 nitrogen and oxygen atoms in total. The number of ether oxygens (including phenoxy) is 2. The van der Waals surface area contributed by atoms with Gasteiger partial charge >= 0.3 is 0 Å². The van der Waals surface area contributed by atoms with Crippen LogP contribution in [0.25, 0.3) is 6.08 Å². The number of carbonyl (C=O) groups excluding carboxylic acids is 3. The number of carbonyl (C=O) groups is 3. The van der Waals surface area contributed by atoms with Crippen LogP contribution in [0.5, 0.6) is 11.5 Å². The Kier molecular flexibility index (Phi) is 9.35. The van der Waals surface area contributed by atoms with Gasteiger partial charge < -0.3 is 14.8 Å². The maximum absolute atomic E-state index is 13.0. The van der Waals surface area contributed by atoms with E-state index in [-0.39, 0.29) is 4.91 Å². The lowest BCUT2D eigenvalue weighted by Gasteiger charge is -2.16. The van der Waals surface area contributed by atoms with Gasteiger partial charge in [-0.1, -0.05) is 41.4 Å². The van der Waals surface area contributed by atoms with Gasteiger partial charge in [-0.3, -0.25) is 19.3 Å². The Morgan fingerprint density at radius 3 is 2.36 bits per heavy atom. The molecule has 0 bridgehead atoms. The highest BCUT2D eigenvalue weighted by atomic mass is 35.5. The molecule has 0 atom stereocenters. The van der Waals surface area contributed by atoms with Crippen molar-refractivity contribution in [2.24, 2.45) is 0 Å². The number of hydrogen-bond donors (Lipinski definition) is 1. The van der Waals surface area contributed by atoms with Crippen LogP contribution in [-0.4, -0.2) is 35.6 Å². The summed E-state index contributed by atoms with van der Waals surface area (Å²) in [5, 5.41) is 3.29. The first-order valence-corrected chi connectivity index (χ1v) is 13.3. The summed E-state index contributed by atoms with van der Waals surface area (Å²) < 4.78 is 11.7. The second-order valence-electron chi connectivity index (χ2n) is 8.44. The SMILES string of the molecule is C=CCc1cc(/C=C2\SC(=O)N(CC(=O)Nc3ccc(Cl)cc3)C2=O)cc(OC)c1OCc1ccc(Cl)cc1. The fourth-order valence-electron chi connectivity index (χ4n) is 3.79. The van der Waals surface area contributed by atoms with Crippen LogP contribution in [0.3, 0.4) is 0 Å². The van der Waals surface area contributed by atoms with Gasteiger partial charge in [0.1, 0.15) is 13.2 Å². The summed E-state index contributed by atoms with van der Waals surface area (Å²) in [5.41, 5.74) is 2.88. The molecule has 1 heterocycles. The number of rotatable bonds is 10. The molecule has 39 heavy (non-hydrogen) atoms. The quantitative estimate of drug-likeness (QED) is 0.205. The number of nitrogens with one attached hydrogen (secondary N) is 1. The van der Waals surface area contributed by atoms with Gasteiger partial charge in [0, 0.05) is 21.3 Å². The molecule has 0 unspecified atom stereocenters. The number of anilines is 1. The predicted octanol–water partition coefficient (Wildman–Crippen LogP) is 6.98. The molecule has 200 valence electrons. The summed E-state index contributed by atoms with van der Waals surface area (Å²) in [6.07, 6.45) is 3.82. The Hall–Kier alpha value is -3.72. The lowest BCUT2D eigenvalue weighted by atomic mass is 10.0. The van der Waals surface area contributed by atoms with E-state index >= 15 is 0 Å². The zero-order valence-corrected chi connectivity index (χ0v) is 23.2. The van der Waals surface area contributed by atoms with Crippen LogP contribution in [0.2, 0.25) is 10.0 Å². The Morgan fingerprint density at radius 2 is 1.72 bits per heavy atom. The molecular formula is C29H24Cl2N2O5S. The van der Waals surface area contributed by atoms with Crippen LogP contribution < -0.4 is 14.8 Å². The molecule has 1 fully saturated rings. The minimum Gasteiger partial charge on any atom is -0.493 e. The fraction of sp³-hybridized carbons (Fsp3) is 0.138. The third-order valence-corrected chi connectivity index (χ3v) is 7.05. The van der Waals surface area contributed by atoms with E-state index in [0.717, 1.165) is 27.8 Å². The lowest BCUT2D eigenvalue weighted by molar-refractivity contribution is -0.127. The third kappa shape index (κ3) is 7.23. The Labute approximate surface area is 240 Å². The molecule has 1 aliphatic heterocycles.